The number of nitrogens with one attached hydrogen (secondary N) is 1. The molecule has 0 spiro atoms. The first-order valence-electron chi connectivity index (χ1n) is 9.69. The van der Waals surface area contributed by atoms with Crippen LogP contribution in [0, 0.1) is 0 Å². The van der Waals surface area contributed by atoms with Gasteiger partial charge in [0.2, 0.25) is 0 Å². The van der Waals surface area contributed by atoms with Gasteiger partial charge in [-0.2, -0.15) is 13.2 Å². The highest BCUT2D eigenvalue weighted by atomic mass is 32.2. The molecule has 168 valence electrons. The second-order valence-corrected chi connectivity index (χ2v) is 8.77. The van der Waals surface area contributed by atoms with E-state index in [0.29, 0.717) is 30.5 Å². The van der Waals surface area contributed by atoms with Crippen LogP contribution in [0.1, 0.15) is 5.56 Å². The summed E-state index contributed by atoms with van der Waals surface area (Å²) in [6, 6.07) is 13.6. The van der Waals surface area contributed by atoms with Gasteiger partial charge in [0.25, 0.3) is 10.0 Å². The molecule has 1 aliphatic rings. The van der Waals surface area contributed by atoms with Crippen molar-refractivity contribution in [2.24, 2.45) is 0 Å². The Labute approximate surface area is 182 Å². The van der Waals surface area contributed by atoms with Gasteiger partial charge in [0.15, 0.2) is 5.82 Å². The zero-order valence-corrected chi connectivity index (χ0v) is 17.5. The number of ether oxygens (including phenoxy) is 1. The van der Waals surface area contributed by atoms with Crippen LogP contribution in [0.25, 0.3) is 11.3 Å². The quantitative estimate of drug-likeness (QED) is 0.619. The number of halogens is 3. The van der Waals surface area contributed by atoms with Gasteiger partial charge in [-0.05, 0) is 42.5 Å². The number of nitrogens with zero attached hydrogens (tertiary/aromatic N) is 3. The number of hydrogen-bond donors (Lipinski definition) is 1. The molecular formula is C21H19F3N4O3S. The van der Waals surface area contributed by atoms with Gasteiger partial charge in [0.1, 0.15) is 0 Å². The molecule has 32 heavy (non-hydrogen) atoms. The third kappa shape index (κ3) is 5.00. The fourth-order valence-corrected chi connectivity index (χ4v) is 4.33. The largest absolute Gasteiger partial charge is 0.416 e. The number of morpholine rings is 1. The van der Waals surface area contributed by atoms with Gasteiger partial charge >= 0.3 is 6.18 Å². The van der Waals surface area contributed by atoms with Crippen LogP contribution in [0.5, 0.6) is 0 Å². The van der Waals surface area contributed by atoms with E-state index in [2.05, 4.69) is 19.8 Å². The fraction of sp³-hybridized carbons (Fsp3) is 0.238. The third-order valence-electron chi connectivity index (χ3n) is 4.87. The number of aromatic nitrogens is 2. The molecule has 3 aromatic rings. The summed E-state index contributed by atoms with van der Waals surface area (Å²) in [7, 11) is -4.22. The molecule has 1 aromatic heterocycles. The molecule has 2 aromatic carbocycles. The lowest BCUT2D eigenvalue weighted by Crippen LogP contribution is -2.36. The predicted octanol–water partition coefficient (Wildman–Crippen LogP) is 3.80. The lowest BCUT2D eigenvalue weighted by atomic mass is 10.1. The molecule has 0 unspecified atom stereocenters. The molecule has 0 amide bonds. The van der Waals surface area contributed by atoms with Crippen molar-refractivity contribution >= 4 is 21.5 Å². The molecule has 1 N–H and O–H groups in total. The summed E-state index contributed by atoms with van der Waals surface area (Å²) in [5.74, 6) is 0.721. The van der Waals surface area contributed by atoms with E-state index in [-0.39, 0.29) is 5.69 Å². The molecule has 7 nitrogen and oxygen atoms in total. The summed E-state index contributed by atoms with van der Waals surface area (Å²) in [4.78, 5) is 1.58. The molecule has 4 rings (SSSR count). The second kappa shape index (κ2) is 8.75. The number of hydrogen-bond acceptors (Lipinski definition) is 6. The maximum Gasteiger partial charge on any atom is 0.416 e. The minimum Gasteiger partial charge on any atom is -0.378 e. The van der Waals surface area contributed by atoms with Gasteiger partial charge in [0, 0.05) is 24.3 Å². The van der Waals surface area contributed by atoms with E-state index in [0.717, 1.165) is 37.1 Å². The molecule has 0 aliphatic carbocycles. The van der Waals surface area contributed by atoms with Crippen LogP contribution >= 0.6 is 0 Å². The lowest BCUT2D eigenvalue weighted by Gasteiger charge is -2.27. The number of rotatable bonds is 5. The summed E-state index contributed by atoms with van der Waals surface area (Å²) in [6.07, 6.45) is -4.64. The Balaban J connectivity index is 1.54. The molecule has 0 atom stereocenters. The maximum absolute atomic E-state index is 12.9. The van der Waals surface area contributed by atoms with Crippen molar-refractivity contribution in [2.75, 3.05) is 35.9 Å². The molecule has 2 heterocycles. The van der Waals surface area contributed by atoms with E-state index in [1.807, 2.05) is 6.07 Å². The smallest absolute Gasteiger partial charge is 0.378 e. The zero-order chi connectivity index (χ0) is 22.8. The number of benzene rings is 2. The third-order valence-corrected chi connectivity index (χ3v) is 6.25. The number of alkyl halides is 3. The van der Waals surface area contributed by atoms with Crippen molar-refractivity contribution in [3.05, 3.63) is 66.2 Å². The summed E-state index contributed by atoms with van der Waals surface area (Å²) >= 11 is 0. The highest BCUT2D eigenvalue weighted by molar-refractivity contribution is 7.92. The Morgan fingerprint density at radius 3 is 2.38 bits per heavy atom. The van der Waals surface area contributed by atoms with Crippen molar-refractivity contribution in [2.45, 2.75) is 11.1 Å². The van der Waals surface area contributed by atoms with Crippen LogP contribution < -0.4 is 9.62 Å². The van der Waals surface area contributed by atoms with Crippen LogP contribution in [0.2, 0.25) is 0 Å². The lowest BCUT2D eigenvalue weighted by molar-refractivity contribution is -0.137. The number of anilines is 2. The van der Waals surface area contributed by atoms with Gasteiger partial charge in [-0.3, -0.25) is 4.72 Å². The average molecular weight is 464 g/mol. The monoisotopic (exact) mass is 464 g/mol. The molecular weight excluding hydrogens is 445 g/mol. The van der Waals surface area contributed by atoms with E-state index >= 15 is 0 Å². The highest BCUT2D eigenvalue weighted by Gasteiger charge is 2.31. The van der Waals surface area contributed by atoms with Gasteiger partial charge in [-0.1, -0.05) is 18.2 Å². The van der Waals surface area contributed by atoms with Crippen molar-refractivity contribution < 1.29 is 26.3 Å². The Morgan fingerprint density at radius 1 is 0.938 bits per heavy atom. The van der Waals surface area contributed by atoms with E-state index in [9.17, 15) is 21.6 Å². The zero-order valence-electron chi connectivity index (χ0n) is 16.7. The Bertz CT molecular complexity index is 1200. The molecule has 1 aliphatic heterocycles. The summed E-state index contributed by atoms with van der Waals surface area (Å²) in [5, 5.41) is 8.46. The molecule has 0 bridgehead atoms. The van der Waals surface area contributed by atoms with E-state index in [1.165, 1.54) is 6.07 Å². The number of sulfonamides is 1. The first-order chi connectivity index (χ1) is 15.2. The van der Waals surface area contributed by atoms with Crippen molar-refractivity contribution in [3.8, 4) is 11.3 Å². The molecule has 11 heteroatoms. The molecule has 1 fully saturated rings. The van der Waals surface area contributed by atoms with E-state index in [4.69, 9.17) is 4.74 Å². The maximum atomic E-state index is 12.9. The van der Waals surface area contributed by atoms with Gasteiger partial charge in [0.05, 0.1) is 29.4 Å². The van der Waals surface area contributed by atoms with Crippen molar-refractivity contribution in [1.82, 2.24) is 10.2 Å². The van der Waals surface area contributed by atoms with E-state index in [1.54, 1.807) is 24.3 Å². The Kier molecular flexibility index (Phi) is 6.02. The van der Waals surface area contributed by atoms with Crippen LogP contribution in [-0.4, -0.2) is 44.9 Å². The fourth-order valence-electron chi connectivity index (χ4n) is 3.24. The standard InChI is InChI=1S/C21H19F3N4O3S/c22-21(23,24)16-4-2-6-18(14-16)32(29,30)27-17-5-1-3-15(13-17)19-7-8-20(26-25-19)28-9-11-31-12-10-28/h1-8,13-14,27H,9-12H2. The predicted molar refractivity (Wildman–Crippen MR) is 113 cm³/mol. The minimum atomic E-state index is -4.64. The Hall–Kier alpha value is -3.18. The molecule has 0 saturated carbocycles. The Morgan fingerprint density at radius 2 is 1.69 bits per heavy atom. The van der Waals surface area contributed by atoms with Crippen molar-refractivity contribution in [3.63, 3.8) is 0 Å². The van der Waals surface area contributed by atoms with Crippen LogP contribution in [0.4, 0.5) is 24.7 Å². The molecule has 1 saturated heterocycles. The summed E-state index contributed by atoms with van der Waals surface area (Å²) in [5.41, 5.74) is 0.293. The topological polar surface area (TPSA) is 84.4 Å². The van der Waals surface area contributed by atoms with Crippen molar-refractivity contribution in [1.29, 1.82) is 0 Å². The second-order valence-electron chi connectivity index (χ2n) is 7.09. The summed E-state index contributed by atoms with van der Waals surface area (Å²) < 4.78 is 71.7. The highest BCUT2D eigenvalue weighted by Crippen LogP contribution is 2.31. The first kappa shape index (κ1) is 22.0. The normalized spacial score (nSPS) is 14.9. The van der Waals surface area contributed by atoms with Crippen LogP contribution in [0.15, 0.2) is 65.6 Å². The van der Waals surface area contributed by atoms with Gasteiger partial charge in [-0.25, -0.2) is 8.42 Å². The minimum absolute atomic E-state index is 0.193. The molecule has 0 radical (unpaired) electrons. The van der Waals surface area contributed by atoms with Crippen LogP contribution in [-0.2, 0) is 20.9 Å². The van der Waals surface area contributed by atoms with Crippen LogP contribution in [0.3, 0.4) is 0 Å². The SMILES string of the molecule is O=S(=O)(Nc1cccc(-c2ccc(N3CCOCC3)nn2)c1)c1cccc(C(F)(F)F)c1. The van der Waals surface area contributed by atoms with E-state index < -0.39 is 26.7 Å². The summed E-state index contributed by atoms with van der Waals surface area (Å²) in [6.45, 7) is 2.69. The average Bonchev–Trinajstić information content (AvgIpc) is 2.79. The first-order valence-corrected chi connectivity index (χ1v) is 11.2. The van der Waals surface area contributed by atoms with Gasteiger partial charge in [-0.15, -0.1) is 10.2 Å². The van der Waals surface area contributed by atoms with Gasteiger partial charge < -0.3 is 9.64 Å².